The molecule has 6 heterocycles. The van der Waals surface area contributed by atoms with Crippen LogP contribution < -0.4 is 48.4 Å². The average molecular weight is 811 g/mol. The summed E-state index contributed by atoms with van der Waals surface area (Å²) in [4.78, 5) is 42.0. The monoisotopic (exact) mass is 808 g/mol. The second-order valence-electron chi connectivity index (χ2n) is 10.3. The minimum absolute atomic E-state index is 0. The number of hydrogen-bond acceptors (Lipinski definition) is 14. The molecule has 16 nitrogen and oxygen atoms in total. The Hall–Kier alpha value is -5.14. The van der Waals surface area contributed by atoms with Gasteiger partial charge in [-0.3, -0.25) is 28.7 Å². The first-order chi connectivity index (χ1) is 24.7. The number of fused-ring (bicyclic) bond motifs is 6. The van der Waals surface area contributed by atoms with Crippen molar-refractivity contribution in [3.05, 3.63) is 155 Å². The third kappa shape index (κ3) is 11.4. The molecule has 8 aromatic rings. The standard InChI is InChI=1S/2C17H11N3O.2ClHO4.Zn/c2*21-15-5-1-2-11-20(15)14-9-8-13-7-6-12-4-3-10-18-16(12)17(13)19-14;2*2-1(3,4)5;/h2*1-11H;2*(H,2,3,4,5);/q;;;;+2/p-2. The Bertz CT molecular complexity index is 2420. The van der Waals surface area contributed by atoms with Crippen LogP contribution in [0.1, 0.15) is 0 Å². The van der Waals surface area contributed by atoms with Crippen molar-refractivity contribution in [3.63, 3.8) is 0 Å². The Kier molecular flexibility index (Phi) is 13.5. The van der Waals surface area contributed by atoms with E-state index in [4.69, 9.17) is 37.3 Å². The molecule has 0 unspecified atom stereocenters. The first-order valence-electron chi connectivity index (χ1n) is 14.5. The molecule has 0 aliphatic carbocycles. The van der Waals surface area contributed by atoms with E-state index in [1.165, 1.54) is 21.3 Å². The summed E-state index contributed by atoms with van der Waals surface area (Å²) in [6, 6.07) is 33.6. The second kappa shape index (κ2) is 17.6. The van der Waals surface area contributed by atoms with Crippen LogP contribution in [0.5, 0.6) is 0 Å². The maximum Gasteiger partial charge on any atom is 2.00 e. The number of nitrogens with zero attached hydrogens (tertiary/aromatic N) is 6. The molecule has 0 N–H and O–H groups in total. The van der Waals surface area contributed by atoms with E-state index in [-0.39, 0.29) is 30.6 Å². The third-order valence-electron chi connectivity index (χ3n) is 6.97. The van der Waals surface area contributed by atoms with E-state index >= 15 is 0 Å². The number of halogens is 2. The van der Waals surface area contributed by atoms with Crippen LogP contribution in [0.4, 0.5) is 0 Å². The van der Waals surface area contributed by atoms with Gasteiger partial charge in [0.25, 0.3) is 11.1 Å². The quantitative estimate of drug-likeness (QED) is 0.120. The van der Waals surface area contributed by atoms with Gasteiger partial charge in [0.2, 0.25) is 0 Å². The van der Waals surface area contributed by atoms with Gasteiger partial charge in [-0.25, -0.2) is 47.2 Å². The number of benzene rings is 2. The van der Waals surface area contributed by atoms with E-state index in [9.17, 15) is 9.59 Å². The van der Waals surface area contributed by atoms with Gasteiger partial charge in [-0.1, -0.05) is 48.5 Å². The summed E-state index contributed by atoms with van der Waals surface area (Å²) in [7, 11) is -9.89. The normalized spacial score (nSPS) is 11.0. The van der Waals surface area contributed by atoms with Gasteiger partial charge in [-0.2, -0.15) is 0 Å². The van der Waals surface area contributed by atoms with Crippen LogP contribution in [0.3, 0.4) is 0 Å². The van der Waals surface area contributed by atoms with E-state index in [1.54, 1.807) is 36.9 Å². The molecule has 53 heavy (non-hydrogen) atoms. The Labute approximate surface area is 315 Å². The van der Waals surface area contributed by atoms with Gasteiger partial charge in [0.1, 0.15) is 11.6 Å². The van der Waals surface area contributed by atoms with Crippen molar-refractivity contribution in [1.82, 2.24) is 29.1 Å². The minimum atomic E-state index is -4.94. The smallest absolute Gasteiger partial charge is 0.269 e. The second-order valence-corrected chi connectivity index (χ2v) is 11.8. The van der Waals surface area contributed by atoms with Crippen molar-refractivity contribution in [1.29, 1.82) is 0 Å². The number of aromatic nitrogens is 6. The Morgan fingerprint density at radius 3 is 1.08 bits per heavy atom. The molecular formula is C34H22Cl2N6O10Zn. The molecule has 6 aromatic heterocycles. The predicted octanol–water partition coefficient (Wildman–Crippen LogP) is -3.65. The molecule has 0 aliphatic heterocycles. The molecule has 0 bridgehead atoms. The van der Waals surface area contributed by atoms with E-state index in [0.717, 1.165) is 43.6 Å². The SMILES string of the molecule is O=c1ccccn1-c1ccc2ccc3cccnc3c2n1.O=c1ccccn1-c1ccc2ccc3cccnc3c2n1.[O-][Cl+3]([O-])([O-])[O-].[O-][Cl+3]([O-])([O-])[O-].[Zn+2]. The van der Waals surface area contributed by atoms with E-state index < -0.39 is 20.5 Å². The first kappa shape index (κ1) is 40.6. The third-order valence-corrected chi connectivity index (χ3v) is 6.97. The van der Waals surface area contributed by atoms with Gasteiger partial charge in [-0.05, 0) is 48.5 Å². The molecule has 0 saturated carbocycles. The molecule has 0 aliphatic rings. The maximum absolute atomic E-state index is 11.9. The van der Waals surface area contributed by atoms with Crippen LogP contribution >= 0.6 is 0 Å². The summed E-state index contributed by atoms with van der Waals surface area (Å²) in [5.74, 6) is 1.21. The number of rotatable bonds is 2. The van der Waals surface area contributed by atoms with Crippen LogP contribution in [0.15, 0.2) is 144 Å². The van der Waals surface area contributed by atoms with Crippen LogP contribution in [0.25, 0.3) is 55.2 Å². The summed E-state index contributed by atoms with van der Waals surface area (Å²) in [5.41, 5.74) is 3.11. The van der Waals surface area contributed by atoms with Crippen LogP contribution in [-0.4, -0.2) is 29.1 Å². The summed E-state index contributed by atoms with van der Waals surface area (Å²) in [6.07, 6.45) is 6.94. The fraction of sp³-hybridized carbons (Fsp3) is 0. The van der Waals surface area contributed by atoms with Gasteiger partial charge in [0, 0.05) is 58.5 Å². The average Bonchev–Trinajstić information content (AvgIpc) is 3.10. The van der Waals surface area contributed by atoms with Crippen molar-refractivity contribution in [3.8, 4) is 11.6 Å². The van der Waals surface area contributed by atoms with Crippen molar-refractivity contribution in [2.45, 2.75) is 0 Å². The summed E-state index contributed by atoms with van der Waals surface area (Å²) < 4.78 is 71.0. The van der Waals surface area contributed by atoms with Crippen molar-refractivity contribution in [2.24, 2.45) is 0 Å². The largest absolute Gasteiger partial charge is 2.00 e. The van der Waals surface area contributed by atoms with Gasteiger partial charge < -0.3 is 0 Å². The van der Waals surface area contributed by atoms with Crippen LogP contribution in [-0.2, 0) is 19.5 Å². The molecule has 0 amide bonds. The van der Waals surface area contributed by atoms with E-state index in [0.29, 0.717) is 11.6 Å². The molecule has 0 atom stereocenters. The number of hydrogen-bond donors (Lipinski definition) is 0. The van der Waals surface area contributed by atoms with Crippen molar-refractivity contribution in [2.75, 3.05) is 0 Å². The molecule has 2 aromatic carbocycles. The molecule has 0 spiro atoms. The summed E-state index contributed by atoms with van der Waals surface area (Å²) in [6.45, 7) is 0. The zero-order valence-corrected chi connectivity index (χ0v) is 31.4. The molecule has 19 heteroatoms. The van der Waals surface area contributed by atoms with Gasteiger partial charge in [-0.15, -0.1) is 20.5 Å². The molecule has 264 valence electrons. The predicted molar refractivity (Wildman–Crippen MR) is 165 cm³/mol. The molecule has 8 rings (SSSR count). The minimum Gasteiger partial charge on any atom is -0.269 e. The van der Waals surface area contributed by atoms with E-state index in [1.807, 2.05) is 84.9 Å². The van der Waals surface area contributed by atoms with Crippen LogP contribution in [0.2, 0.25) is 0 Å². The topological polar surface area (TPSA) is 280 Å². The summed E-state index contributed by atoms with van der Waals surface area (Å²) >= 11 is 0. The zero-order chi connectivity index (χ0) is 37.5. The van der Waals surface area contributed by atoms with Crippen molar-refractivity contribution >= 4 is 43.6 Å². The molecule has 0 fully saturated rings. The Balaban J connectivity index is 0.000000187. The molecule has 0 radical (unpaired) electrons. The maximum atomic E-state index is 11.9. The van der Waals surface area contributed by atoms with Gasteiger partial charge >= 0.3 is 19.5 Å². The first-order valence-corrected chi connectivity index (χ1v) is 17.0. The zero-order valence-electron chi connectivity index (χ0n) is 26.9. The number of pyridine rings is 6. The van der Waals surface area contributed by atoms with Crippen molar-refractivity contribution < 1.29 is 77.2 Å². The molecular weight excluding hydrogens is 789 g/mol. The summed E-state index contributed by atoms with van der Waals surface area (Å²) in [5, 5.41) is 4.09. The fourth-order valence-electron chi connectivity index (χ4n) is 4.93. The van der Waals surface area contributed by atoms with E-state index in [2.05, 4.69) is 19.9 Å². The van der Waals surface area contributed by atoms with Gasteiger partial charge in [0.15, 0.2) is 0 Å². The molecule has 0 saturated heterocycles. The Morgan fingerprint density at radius 2 is 0.736 bits per heavy atom. The fourth-order valence-corrected chi connectivity index (χ4v) is 4.93. The van der Waals surface area contributed by atoms with Gasteiger partial charge in [0.05, 0.1) is 22.1 Å². The van der Waals surface area contributed by atoms with Crippen LogP contribution in [0, 0.1) is 20.5 Å². The Morgan fingerprint density at radius 1 is 0.415 bits per heavy atom.